The van der Waals surface area contributed by atoms with Gasteiger partial charge < -0.3 is 15.5 Å². The fraction of sp³-hybridized carbons (Fsp3) is 0.526. The molecule has 1 atom stereocenters. The second-order valence-corrected chi connectivity index (χ2v) is 6.49. The van der Waals surface area contributed by atoms with Crippen molar-refractivity contribution in [3.63, 3.8) is 0 Å². The molecule has 0 bridgehead atoms. The number of anilines is 2. The van der Waals surface area contributed by atoms with E-state index in [0.717, 1.165) is 40.6 Å². The quantitative estimate of drug-likeness (QED) is 0.835. The Balaban J connectivity index is 0.000000212. The molecule has 1 unspecified atom stereocenters. The van der Waals surface area contributed by atoms with E-state index in [4.69, 9.17) is 0 Å². The molecule has 1 aliphatic heterocycles. The lowest BCUT2D eigenvalue weighted by Crippen LogP contribution is -2.28. The van der Waals surface area contributed by atoms with E-state index in [1.807, 2.05) is 27.0 Å². The molecular weight excluding hydrogens is 312 g/mol. The van der Waals surface area contributed by atoms with Crippen LogP contribution in [0.1, 0.15) is 24.6 Å². The van der Waals surface area contributed by atoms with Gasteiger partial charge in [0.1, 0.15) is 5.82 Å². The first-order chi connectivity index (χ1) is 12.0. The SMILES string of the molecule is CCC1C=CCN(C)C1.CNc1nc(NC)c2c(C)cc(C)nc2n1. The molecule has 0 saturated heterocycles. The Bertz CT molecular complexity index is 740. The Morgan fingerprint density at radius 1 is 1.16 bits per heavy atom. The average Bonchev–Trinajstić information content (AvgIpc) is 2.60. The second kappa shape index (κ2) is 8.76. The van der Waals surface area contributed by atoms with E-state index in [1.54, 1.807) is 7.05 Å². The minimum absolute atomic E-state index is 0.578. The molecule has 2 aromatic rings. The summed E-state index contributed by atoms with van der Waals surface area (Å²) < 4.78 is 0. The molecule has 2 aromatic heterocycles. The highest BCUT2D eigenvalue weighted by molar-refractivity contribution is 5.90. The molecule has 0 saturated carbocycles. The highest BCUT2D eigenvalue weighted by atomic mass is 15.1. The van der Waals surface area contributed by atoms with Gasteiger partial charge in [0.2, 0.25) is 5.95 Å². The monoisotopic (exact) mass is 342 g/mol. The molecule has 6 nitrogen and oxygen atoms in total. The van der Waals surface area contributed by atoms with Crippen LogP contribution in [-0.4, -0.2) is 54.1 Å². The van der Waals surface area contributed by atoms with E-state index in [1.165, 1.54) is 13.0 Å². The summed E-state index contributed by atoms with van der Waals surface area (Å²) in [7, 11) is 5.82. The third kappa shape index (κ3) is 4.89. The van der Waals surface area contributed by atoms with Crippen LogP contribution in [0.5, 0.6) is 0 Å². The molecule has 0 aromatic carbocycles. The minimum atomic E-state index is 0.578. The molecule has 1 aliphatic rings. The van der Waals surface area contributed by atoms with Gasteiger partial charge in [-0.3, -0.25) is 0 Å². The first-order valence-corrected chi connectivity index (χ1v) is 8.85. The molecule has 0 fully saturated rings. The van der Waals surface area contributed by atoms with Gasteiger partial charge in [0, 0.05) is 32.9 Å². The average molecular weight is 342 g/mol. The van der Waals surface area contributed by atoms with Gasteiger partial charge in [0.05, 0.1) is 5.39 Å². The predicted octanol–water partition coefficient (Wildman–Crippen LogP) is 3.24. The van der Waals surface area contributed by atoms with Crippen molar-refractivity contribution in [2.45, 2.75) is 27.2 Å². The lowest BCUT2D eigenvalue weighted by Gasteiger charge is -2.23. The number of fused-ring (bicyclic) bond motifs is 1. The Morgan fingerprint density at radius 2 is 1.92 bits per heavy atom. The zero-order chi connectivity index (χ0) is 18.4. The fourth-order valence-electron chi connectivity index (χ4n) is 3.00. The van der Waals surface area contributed by atoms with Gasteiger partial charge in [-0.25, -0.2) is 4.98 Å². The fourth-order valence-corrected chi connectivity index (χ4v) is 3.00. The highest BCUT2D eigenvalue weighted by Gasteiger charge is 2.10. The van der Waals surface area contributed by atoms with Crippen molar-refractivity contribution < 1.29 is 0 Å². The Labute approximate surface area is 150 Å². The normalized spacial score (nSPS) is 17.1. The summed E-state index contributed by atoms with van der Waals surface area (Å²) in [5.74, 6) is 2.19. The van der Waals surface area contributed by atoms with Gasteiger partial charge in [0.25, 0.3) is 0 Å². The molecule has 3 heterocycles. The first kappa shape index (κ1) is 19.1. The second-order valence-electron chi connectivity index (χ2n) is 6.49. The van der Waals surface area contributed by atoms with Crippen molar-refractivity contribution in [2.75, 3.05) is 44.9 Å². The highest BCUT2D eigenvalue weighted by Crippen LogP contribution is 2.24. The molecule has 3 rings (SSSR count). The number of hydrogen-bond acceptors (Lipinski definition) is 6. The van der Waals surface area contributed by atoms with Crippen LogP contribution >= 0.6 is 0 Å². The molecule has 6 heteroatoms. The van der Waals surface area contributed by atoms with Gasteiger partial charge >= 0.3 is 0 Å². The summed E-state index contributed by atoms with van der Waals surface area (Å²) in [5, 5.41) is 6.98. The number of hydrogen-bond donors (Lipinski definition) is 2. The molecule has 136 valence electrons. The van der Waals surface area contributed by atoms with E-state index < -0.39 is 0 Å². The van der Waals surface area contributed by atoms with Crippen molar-refractivity contribution in [2.24, 2.45) is 5.92 Å². The lowest BCUT2D eigenvalue weighted by molar-refractivity contribution is 0.308. The summed E-state index contributed by atoms with van der Waals surface area (Å²) >= 11 is 0. The van der Waals surface area contributed by atoms with E-state index in [2.05, 4.69) is 56.6 Å². The summed E-state index contributed by atoms with van der Waals surface area (Å²) in [5.41, 5.74) is 2.82. The van der Waals surface area contributed by atoms with Crippen LogP contribution in [0.15, 0.2) is 18.2 Å². The van der Waals surface area contributed by atoms with Crippen molar-refractivity contribution in [3.05, 3.63) is 29.5 Å². The van der Waals surface area contributed by atoms with Crippen LogP contribution in [0.2, 0.25) is 0 Å². The van der Waals surface area contributed by atoms with E-state index in [-0.39, 0.29) is 0 Å². The summed E-state index contributed by atoms with van der Waals surface area (Å²) in [4.78, 5) is 15.5. The molecule has 25 heavy (non-hydrogen) atoms. The maximum Gasteiger partial charge on any atom is 0.226 e. The minimum Gasteiger partial charge on any atom is -0.372 e. The number of likely N-dealkylation sites (N-methyl/N-ethyl adjacent to an activating group) is 1. The van der Waals surface area contributed by atoms with E-state index in [0.29, 0.717) is 5.95 Å². The number of nitrogens with zero attached hydrogens (tertiary/aromatic N) is 4. The Hall–Kier alpha value is -2.21. The largest absolute Gasteiger partial charge is 0.372 e. The molecule has 0 amide bonds. The summed E-state index contributed by atoms with van der Waals surface area (Å²) in [6.45, 7) is 8.63. The van der Waals surface area contributed by atoms with Crippen LogP contribution < -0.4 is 10.6 Å². The van der Waals surface area contributed by atoms with Crippen molar-refractivity contribution in [3.8, 4) is 0 Å². The number of aryl methyl sites for hydroxylation is 2. The van der Waals surface area contributed by atoms with Crippen molar-refractivity contribution in [1.29, 1.82) is 0 Å². The van der Waals surface area contributed by atoms with Gasteiger partial charge in [-0.1, -0.05) is 19.1 Å². The Kier molecular flexibility index (Phi) is 6.70. The van der Waals surface area contributed by atoms with Crippen LogP contribution in [0.3, 0.4) is 0 Å². The van der Waals surface area contributed by atoms with Crippen LogP contribution in [0, 0.1) is 19.8 Å². The molecular formula is C19H30N6. The number of rotatable bonds is 3. The van der Waals surface area contributed by atoms with Crippen molar-refractivity contribution >= 4 is 22.8 Å². The topological polar surface area (TPSA) is 66.0 Å². The molecule has 2 N–H and O–H groups in total. The first-order valence-electron chi connectivity index (χ1n) is 8.85. The van der Waals surface area contributed by atoms with E-state index >= 15 is 0 Å². The number of nitrogens with one attached hydrogen (secondary N) is 2. The van der Waals surface area contributed by atoms with Crippen LogP contribution in [0.25, 0.3) is 11.0 Å². The lowest BCUT2D eigenvalue weighted by atomic mass is 10.0. The van der Waals surface area contributed by atoms with E-state index in [9.17, 15) is 0 Å². The zero-order valence-electron chi connectivity index (χ0n) is 16.2. The van der Waals surface area contributed by atoms with Crippen LogP contribution in [0.4, 0.5) is 11.8 Å². The third-order valence-corrected chi connectivity index (χ3v) is 4.35. The summed E-state index contributed by atoms with van der Waals surface area (Å²) in [6.07, 6.45) is 5.87. The smallest absolute Gasteiger partial charge is 0.226 e. The maximum absolute atomic E-state index is 4.42. The zero-order valence-corrected chi connectivity index (χ0v) is 16.2. The molecule has 0 radical (unpaired) electrons. The number of pyridine rings is 1. The van der Waals surface area contributed by atoms with Gasteiger partial charge in [-0.2, -0.15) is 9.97 Å². The van der Waals surface area contributed by atoms with Gasteiger partial charge in [-0.15, -0.1) is 0 Å². The maximum atomic E-state index is 4.42. The number of aromatic nitrogens is 3. The third-order valence-electron chi connectivity index (χ3n) is 4.35. The Morgan fingerprint density at radius 3 is 2.48 bits per heavy atom. The van der Waals surface area contributed by atoms with Crippen molar-refractivity contribution in [1.82, 2.24) is 19.9 Å². The molecule has 0 spiro atoms. The van der Waals surface area contributed by atoms with Gasteiger partial charge in [0.15, 0.2) is 5.65 Å². The standard InChI is InChI=1S/C11H15N5.C8H15N/c1-6-5-7(2)14-10-8(6)9(12-3)15-11(13-4)16-10;1-3-8-5-4-6-9(2)7-8/h5H,1-4H3,(H2,12,13,14,15,16);4-5,8H,3,6-7H2,1-2H3. The van der Waals surface area contributed by atoms with Gasteiger partial charge in [-0.05, 0) is 44.9 Å². The summed E-state index contributed by atoms with van der Waals surface area (Å²) in [6, 6.07) is 2.03. The van der Waals surface area contributed by atoms with Crippen LogP contribution in [-0.2, 0) is 0 Å². The molecule has 0 aliphatic carbocycles. The predicted molar refractivity (Wildman–Crippen MR) is 106 cm³/mol.